The highest BCUT2D eigenvalue weighted by Crippen LogP contribution is 2.21. The minimum absolute atomic E-state index is 0.221. The van der Waals surface area contributed by atoms with Crippen LogP contribution in [0.15, 0.2) is 48.5 Å². The molecule has 140 valence electrons. The highest BCUT2D eigenvalue weighted by atomic mass is 16.1. The third-order valence-corrected chi connectivity index (χ3v) is 4.17. The van der Waals surface area contributed by atoms with Gasteiger partial charge in [-0.25, -0.2) is 9.97 Å². The van der Waals surface area contributed by atoms with Crippen LogP contribution in [0.4, 0.5) is 11.5 Å². The zero-order valence-corrected chi connectivity index (χ0v) is 16.0. The van der Waals surface area contributed by atoms with Gasteiger partial charge in [-0.15, -0.1) is 0 Å². The van der Waals surface area contributed by atoms with Crippen LogP contribution >= 0.6 is 0 Å². The normalized spacial score (nSPS) is 11.0. The quantitative estimate of drug-likeness (QED) is 0.630. The minimum atomic E-state index is -0.221. The maximum atomic E-state index is 12.7. The zero-order chi connectivity index (χ0) is 19.2. The molecule has 1 heterocycles. The van der Waals surface area contributed by atoms with E-state index in [2.05, 4.69) is 25.5 Å². The van der Waals surface area contributed by atoms with Gasteiger partial charge in [0, 0.05) is 12.2 Å². The van der Waals surface area contributed by atoms with Gasteiger partial charge in [-0.2, -0.15) is 0 Å². The first-order valence-corrected chi connectivity index (χ1v) is 9.06. The highest BCUT2D eigenvalue weighted by molar-refractivity contribution is 5.99. The van der Waals surface area contributed by atoms with E-state index in [1.54, 1.807) is 0 Å². The summed E-state index contributed by atoms with van der Waals surface area (Å²) in [5.41, 5.74) is 3.79. The largest absolute Gasteiger partial charge is 0.351 e. The molecule has 2 N–H and O–H groups in total. The minimum Gasteiger partial charge on any atom is -0.351 e. The molecule has 0 saturated carbocycles. The van der Waals surface area contributed by atoms with Gasteiger partial charge < -0.3 is 15.5 Å². The highest BCUT2D eigenvalue weighted by Gasteiger charge is 2.16. The van der Waals surface area contributed by atoms with Crippen LogP contribution in [-0.4, -0.2) is 48.0 Å². The number of hydrogen-bond donors (Lipinski definition) is 2. The summed E-state index contributed by atoms with van der Waals surface area (Å²) in [5, 5.41) is 6.18. The van der Waals surface area contributed by atoms with E-state index in [1.165, 1.54) is 5.56 Å². The molecule has 3 aromatic rings. The van der Waals surface area contributed by atoms with Gasteiger partial charge in [0.15, 0.2) is 11.5 Å². The third kappa shape index (κ3) is 5.01. The number of fused-ring (bicyclic) bond motifs is 1. The van der Waals surface area contributed by atoms with Gasteiger partial charge in [0.05, 0.1) is 11.0 Å². The van der Waals surface area contributed by atoms with Crippen molar-refractivity contribution in [2.24, 2.45) is 0 Å². The van der Waals surface area contributed by atoms with Crippen molar-refractivity contribution < 1.29 is 4.79 Å². The number of carbonyl (C=O) groups excluding carboxylic acids is 1. The van der Waals surface area contributed by atoms with Gasteiger partial charge in [0.1, 0.15) is 0 Å². The van der Waals surface area contributed by atoms with Crippen molar-refractivity contribution in [2.75, 3.05) is 32.5 Å². The summed E-state index contributed by atoms with van der Waals surface area (Å²) in [6.45, 7) is 3.54. The monoisotopic (exact) mass is 363 g/mol. The molecule has 27 heavy (non-hydrogen) atoms. The number of anilines is 2. The van der Waals surface area contributed by atoms with Crippen molar-refractivity contribution >= 4 is 28.4 Å². The number of para-hydroxylation sites is 2. The molecule has 0 aliphatic heterocycles. The second-order valence-corrected chi connectivity index (χ2v) is 6.81. The van der Waals surface area contributed by atoms with Crippen molar-refractivity contribution in [1.29, 1.82) is 0 Å². The zero-order valence-electron chi connectivity index (χ0n) is 16.0. The molecule has 3 rings (SSSR count). The first kappa shape index (κ1) is 18.8. The number of amides is 1. The molecule has 2 aromatic carbocycles. The average Bonchev–Trinajstić information content (AvgIpc) is 2.66. The van der Waals surface area contributed by atoms with E-state index in [0.29, 0.717) is 23.6 Å². The van der Waals surface area contributed by atoms with Crippen LogP contribution in [0.25, 0.3) is 11.0 Å². The summed E-state index contributed by atoms with van der Waals surface area (Å²) in [5.74, 6) is 0.240. The first-order chi connectivity index (χ1) is 13.0. The van der Waals surface area contributed by atoms with E-state index >= 15 is 0 Å². The van der Waals surface area contributed by atoms with E-state index in [4.69, 9.17) is 0 Å². The summed E-state index contributed by atoms with van der Waals surface area (Å²) in [4.78, 5) is 24.0. The van der Waals surface area contributed by atoms with Crippen LogP contribution in [0.5, 0.6) is 0 Å². The van der Waals surface area contributed by atoms with Gasteiger partial charge in [-0.05, 0) is 58.3 Å². The standard InChI is InChI=1S/C21H25N5O/c1-15-9-11-16(12-10-15)23-20-19(21(27)22-13-6-14-26(2)3)24-17-7-4-5-8-18(17)25-20/h4-5,7-12H,6,13-14H2,1-3H3,(H,22,27)(H,23,25). The number of nitrogens with one attached hydrogen (secondary N) is 2. The molecular weight excluding hydrogens is 338 g/mol. The van der Waals surface area contributed by atoms with E-state index < -0.39 is 0 Å². The number of benzene rings is 2. The summed E-state index contributed by atoms with van der Waals surface area (Å²) in [6.07, 6.45) is 0.875. The summed E-state index contributed by atoms with van der Waals surface area (Å²) < 4.78 is 0. The molecule has 0 fully saturated rings. The van der Waals surface area contributed by atoms with Crippen molar-refractivity contribution in [3.8, 4) is 0 Å². The fourth-order valence-electron chi connectivity index (χ4n) is 2.70. The second kappa shape index (κ2) is 8.60. The van der Waals surface area contributed by atoms with Crippen molar-refractivity contribution in [3.63, 3.8) is 0 Å². The van der Waals surface area contributed by atoms with Crippen molar-refractivity contribution in [1.82, 2.24) is 20.2 Å². The van der Waals surface area contributed by atoms with Crippen molar-refractivity contribution in [3.05, 3.63) is 59.8 Å². The lowest BCUT2D eigenvalue weighted by Gasteiger charge is -2.13. The van der Waals surface area contributed by atoms with Crippen molar-refractivity contribution in [2.45, 2.75) is 13.3 Å². The van der Waals surface area contributed by atoms with Gasteiger partial charge >= 0.3 is 0 Å². The van der Waals surface area contributed by atoms with Crippen LogP contribution in [-0.2, 0) is 0 Å². The lowest BCUT2D eigenvalue weighted by atomic mass is 10.2. The molecule has 6 heteroatoms. The Labute approximate surface area is 159 Å². The summed E-state index contributed by atoms with van der Waals surface area (Å²) in [7, 11) is 4.03. The van der Waals surface area contributed by atoms with E-state index in [1.807, 2.05) is 69.6 Å². The molecule has 1 amide bonds. The summed E-state index contributed by atoms with van der Waals surface area (Å²) >= 11 is 0. The first-order valence-electron chi connectivity index (χ1n) is 9.06. The maximum Gasteiger partial charge on any atom is 0.273 e. The Morgan fingerprint density at radius 3 is 2.33 bits per heavy atom. The number of nitrogens with zero attached hydrogens (tertiary/aromatic N) is 3. The number of aromatic nitrogens is 2. The number of rotatable bonds is 7. The fourth-order valence-corrected chi connectivity index (χ4v) is 2.70. The van der Waals surface area contributed by atoms with E-state index in [0.717, 1.165) is 24.2 Å². The topological polar surface area (TPSA) is 70.1 Å². The van der Waals surface area contributed by atoms with Gasteiger partial charge in [-0.1, -0.05) is 29.8 Å². The Kier molecular flexibility index (Phi) is 5.98. The molecule has 0 spiro atoms. The van der Waals surface area contributed by atoms with Gasteiger partial charge in [0.2, 0.25) is 0 Å². The molecule has 0 atom stereocenters. The number of aryl methyl sites for hydroxylation is 1. The van der Waals surface area contributed by atoms with Crippen LogP contribution < -0.4 is 10.6 Å². The molecule has 0 aliphatic rings. The van der Waals surface area contributed by atoms with Gasteiger partial charge in [0.25, 0.3) is 5.91 Å². The Morgan fingerprint density at radius 2 is 1.67 bits per heavy atom. The second-order valence-electron chi connectivity index (χ2n) is 6.81. The SMILES string of the molecule is Cc1ccc(Nc2nc3ccccc3nc2C(=O)NCCCN(C)C)cc1. The molecule has 0 radical (unpaired) electrons. The van der Waals surface area contributed by atoms with E-state index in [-0.39, 0.29) is 5.91 Å². The average molecular weight is 363 g/mol. The Morgan fingerprint density at radius 1 is 1.00 bits per heavy atom. The number of carbonyl (C=O) groups is 1. The fraction of sp³-hybridized carbons (Fsp3) is 0.286. The van der Waals surface area contributed by atoms with Crippen LogP contribution in [0.3, 0.4) is 0 Å². The molecule has 0 bridgehead atoms. The lowest BCUT2D eigenvalue weighted by molar-refractivity contribution is 0.0948. The maximum absolute atomic E-state index is 12.7. The molecule has 1 aromatic heterocycles. The summed E-state index contributed by atoms with van der Waals surface area (Å²) in [6, 6.07) is 15.5. The van der Waals surface area contributed by atoms with Crippen LogP contribution in [0, 0.1) is 6.92 Å². The molecule has 6 nitrogen and oxygen atoms in total. The van der Waals surface area contributed by atoms with E-state index in [9.17, 15) is 4.79 Å². The molecule has 0 saturated heterocycles. The van der Waals surface area contributed by atoms with Crippen LogP contribution in [0.2, 0.25) is 0 Å². The molecular formula is C21H25N5O. The van der Waals surface area contributed by atoms with Crippen LogP contribution in [0.1, 0.15) is 22.5 Å². The van der Waals surface area contributed by atoms with Gasteiger partial charge in [-0.3, -0.25) is 4.79 Å². The molecule has 0 unspecified atom stereocenters. The molecule has 0 aliphatic carbocycles. The lowest BCUT2D eigenvalue weighted by Crippen LogP contribution is -2.28. The third-order valence-electron chi connectivity index (χ3n) is 4.17. The smallest absolute Gasteiger partial charge is 0.273 e. The Hall–Kier alpha value is -2.99. The number of hydrogen-bond acceptors (Lipinski definition) is 5. The Balaban J connectivity index is 1.86. The Bertz CT molecular complexity index is 922. The predicted octanol–water partition coefficient (Wildman–Crippen LogP) is 3.36. The predicted molar refractivity (Wildman–Crippen MR) is 110 cm³/mol.